The van der Waals surface area contributed by atoms with Crippen molar-refractivity contribution in [1.29, 1.82) is 0 Å². The van der Waals surface area contributed by atoms with Crippen LogP contribution in [-0.2, 0) is 30.6 Å². The van der Waals surface area contributed by atoms with Crippen LogP contribution in [0.15, 0.2) is 53.3 Å². The molecule has 4 aliphatic rings. The fourth-order valence-electron chi connectivity index (χ4n) is 8.93. The minimum absolute atomic E-state index is 0.0173. The number of fused-ring (bicyclic) bond motifs is 4. The lowest BCUT2D eigenvalue weighted by molar-refractivity contribution is -0.167. The quantitative estimate of drug-likeness (QED) is 0.0578. The van der Waals surface area contributed by atoms with Gasteiger partial charge in [0.15, 0.2) is 8.32 Å². The van der Waals surface area contributed by atoms with Crippen LogP contribution in [0.5, 0.6) is 5.75 Å². The summed E-state index contributed by atoms with van der Waals surface area (Å²) in [6.45, 7) is 16.4. The molecule has 1 aromatic heterocycles. The number of rotatable bonds is 18. The molecule has 7 rings (SSSR count). The van der Waals surface area contributed by atoms with Gasteiger partial charge in [0.1, 0.15) is 11.9 Å². The summed E-state index contributed by atoms with van der Waals surface area (Å²) in [6.07, 6.45) is 11.9. The van der Waals surface area contributed by atoms with E-state index < -0.39 is 13.7 Å². The van der Waals surface area contributed by atoms with Crippen molar-refractivity contribution in [2.24, 2.45) is 5.92 Å². The van der Waals surface area contributed by atoms with E-state index in [2.05, 4.69) is 78.6 Å². The Bertz CT molecular complexity index is 1870. The van der Waals surface area contributed by atoms with Crippen molar-refractivity contribution in [1.82, 2.24) is 20.5 Å². The number of aromatic amines is 1. The number of phenolic OH excluding ortho intramolecular Hbond substituents is 1. The van der Waals surface area contributed by atoms with Crippen molar-refractivity contribution >= 4 is 31.1 Å². The third-order valence-electron chi connectivity index (χ3n) is 13.5. The number of phenols is 1. The number of amides is 1. The molecule has 1 amide bonds. The van der Waals surface area contributed by atoms with E-state index >= 15 is 0 Å². The molecule has 0 radical (unpaired) electrons. The van der Waals surface area contributed by atoms with Crippen LogP contribution in [0.3, 0.4) is 0 Å². The molecule has 4 fully saturated rings. The molecule has 3 aliphatic heterocycles. The molecule has 2 atom stereocenters. The van der Waals surface area contributed by atoms with E-state index in [1.807, 2.05) is 6.07 Å². The topological polar surface area (TPSA) is 133 Å². The number of nitrogens with one attached hydrogen (secondary N) is 3. The number of aromatic nitrogens is 1. The molecule has 4 heterocycles. The molecule has 0 unspecified atom stereocenters. The van der Waals surface area contributed by atoms with Gasteiger partial charge in [0, 0.05) is 37.5 Å². The van der Waals surface area contributed by atoms with Gasteiger partial charge in [-0.15, -0.1) is 0 Å². The predicted octanol–water partition coefficient (Wildman–Crippen LogP) is 8.03. The fourth-order valence-corrected chi connectivity index (χ4v) is 10.2. The maximum absolute atomic E-state index is 14.0. The Morgan fingerprint density at radius 3 is 2.46 bits per heavy atom. The number of aryl methyl sites for hydroxylation is 1. The first kappa shape index (κ1) is 43.1. The molecule has 4 N–H and O–H groups in total. The molecule has 57 heavy (non-hydrogen) atoms. The maximum Gasteiger partial charge on any atom is 0.316 e. The zero-order valence-corrected chi connectivity index (χ0v) is 36.2. The maximum atomic E-state index is 14.0. The van der Waals surface area contributed by atoms with Gasteiger partial charge >= 0.3 is 5.97 Å². The lowest BCUT2D eigenvalue weighted by Gasteiger charge is -2.45. The Labute approximate surface area is 341 Å². The average Bonchev–Trinajstić information content (AvgIpc) is 3.19. The van der Waals surface area contributed by atoms with Crippen LogP contribution in [0.25, 0.3) is 10.9 Å². The number of piperidine rings is 3. The second-order valence-corrected chi connectivity index (χ2v) is 23.3. The lowest BCUT2D eigenvalue weighted by Crippen LogP contribution is -2.53. The summed E-state index contributed by atoms with van der Waals surface area (Å²) < 4.78 is 13.3. The molecule has 1 saturated carbocycles. The normalized spacial score (nSPS) is 21.3. The second-order valence-electron chi connectivity index (χ2n) is 18.5. The van der Waals surface area contributed by atoms with Gasteiger partial charge in [-0.25, -0.2) is 0 Å². The highest BCUT2D eigenvalue weighted by Crippen LogP contribution is 2.43. The summed E-state index contributed by atoms with van der Waals surface area (Å²) in [5.74, 6) is 0.615. The lowest BCUT2D eigenvalue weighted by atomic mass is 9.69. The van der Waals surface area contributed by atoms with Crippen molar-refractivity contribution in [3.63, 3.8) is 0 Å². The molecule has 3 aromatic rings. The number of ether oxygens (including phenoxy) is 1. The second kappa shape index (κ2) is 19.0. The van der Waals surface area contributed by atoms with Gasteiger partial charge in [0.05, 0.1) is 17.0 Å². The molecule has 0 spiro atoms. The van der Waals surface area contributed by atoms with Crippen LogP contribution in [0.4, 0.5) is 0 Å². The Hall–Kier alpha value is -3.51. The number of aromatic hydroxyl groups is 1. The Morgan fingerprint density at radius 1 is 0.982 bits per heavy atom. The van der Waals surface area contributed by atoms with E-state index in [0.29, 0.717) is 30.9 Å². The molecule has 2 bridgehead atoms. The van der Waals surface area contributed by atoms with Crippen LogP contribution >= 0.6 is 0 Å². The first-order valence-corrected chi connectivity index (χ1v) is 24.7. The Balaban J connectivity index is 0.921. The van der Waals surface area contributed by atoms with Gasteiger partial charge in [-0.05, 0) is 124 Å². The van der Waals surface area contributed by atoms with Crippen molar-refractivity contribution < 1.29 is 23.9 Å². The Morgan fingerprint density at radius 2 is 1.74 bits per heavy atom. The van der Waals surface area contributed by atoms with Crippen molar-refractivity contribution in [3.8, 4) is 5.75 Å². The predicted molar refractivity (Wildman–Crippen MR) is 230 cm³/mol. The van der Waals surface area contributed by atoms with E-state index in [0.717, 1.165) is 113 Å². The minimum atomic E-state index is -2.15. The van der Waals surface area contributed by atoms with E-state index in [1.54, 1.807) is 12.1 Å². The van der Waals surface area contributed by atoms with Gasteiger partial charge in [0.25, 0.3) is 0 Å². The summed E-state index contributed by atoms with van der Waals surface area (Å²) in [6, 6.07) is 15.3. The van der Waals surface area contributed by atoms with Crippen molar-refractivity contribution in [2.75, 3.05) is 39.3 Å². The third-order valence-corrected chi connectivity index (χ3v) is 18.0. The number of benzene rings is 2. The summed E-state index contributed by atoms with van der Waals surface area (Å²) in [7, 11) is -2.15. The molecular formula is C46H68N4O6Si. The van der Waals surface area contributed by atoms with Crippen LogP contribution in [0.2, 0.25) is 18.1 Å². The van der Waals surface area contributed by atoms with E-state index in [4.69, 9.17) is 9.16 Å². The van der Waals surface area contributed by atoms with Crippen LogP contribution in [0, 0.1) is 5.92 Å². The van der Waals surface area contributed by atoms with E-state index in [-0.39, 0.29) is 40.4 Å². The number of H-pyrrole nitrogens is 1. The minimum Gasteiger partial charge on any atom is -0.506 e. The van der Waals surface area contributed by atoms with Crippen LogP contribution in [0.1, 0.15) is 121 Å². The number of unbranched alkanes of at least 4 members (excludes halogenated alkanes) is 2. The molecule has 312 valence electrons. The fraction of sp³-hybridized carbons (Fsp3) is 0.630. The highest BCUT2D eigenvalue weighted by atomic mass is 28.4. The summed E-state index contributed by atoms with van der Waals surface area (Å²) in [5, 5.41) is 18.0. The zero-order valence-electron chi connectivity index (χ0n) is 35.2. The molecular weight excluding hydrogens is 733 g/mol. The van der Waals surface area contributed by atoms with Crippen molar-refractivity contribution in [2.45, 2.75) is 140 Å². The third kappa shape index (κ3) is 10.8. The first-order valence-electron chi connectivity index (χ1n) is 21.8. The molecule has 3 saturated heterocycles. The molecule has 10 nitrogen and oxygen atoms in total. The first-order chi connectivity index (χ1) is 27.3. The number of carbonyl (C=O) groups excluding carboxylic acids is 2. The SMILES string of the molecule is CC(C)(C)[Si](C)(C)O[C@@H](CNCCCCCNC(=O)CCCc1cccc(C2(C(=O)O[C@H]3CN4CCC3CC4)CCCCC2)c1)c1ccc(O)c2[nH]c(=O)ccc12. The number of hydrogen-bond acceptors (Lipinski definition) is 8. The Kier molecular flexibility index (Phi) is 14.4. The molecule has 2 aromatic carbocycles. The number of esters is 1. The van der Waals surface area contributed by atoms with E-state index in [9.17, 15) is 19.5 Å². The molecule has 1 aliphatic carbocycles. The van der Waals surface area contributed by atoms with E-state index in [1.165, 1.54) is 18.1 Å². The van der Waals surface area contributed by atoms with Gasteiger partial charge in [0.2, 0.25) is 11.5 Å². The van der Waals surface area contributed by atoms with Gasteiger partial charge < -0.3 is 29.9 Å². The average molecular weight is 801 g/mol. The van der Waals surface area contributed by atoms with Crippen molar-refractivity contribution in [3.05, 3.63) is 75.6 Å². The monoisotopic (exact) mass is 800 g/mol. The zero-order chi connectivity index (χ0) is 40.6. The van der Waals surface area contributed by atoms with Gasteiger partial charge in [-0.2, -0.15) is 0 Å². The summed E-state index contributed by atoms with van der Waals surface area (Å²) >= 11 is 0. The van der Waals surface area contributed by atoms with Crippen LogP contribution in [-0.4, -0.2) is 80.6 Å². The number of pyridine rings is 1. The standard InChI is InChI=1S/C46H68N4O6Si/c1-45(2,3)57(4,5)56-39(36-18-20-38(51)43-37(36)19-21-42(53)49-43)31-47-26-10-7-11-27-48-41(52)17-13-15-33-14-12-16-35(30-33)46(24-8-6-9-25-46)44(54)55-40-32-50-28-22-34(40)23-29-50/h12,14,16,18-21,30,34,39-40,47,51H,6-11,13,15,17,22-29,31-32H2,1-5H3,(H,48,52)(H,49,53)/t39-,40-/m0/s1. The number of carbonyl (C=O) groups is 2. The number of hydrogen-bond donors (Lipinski definition) is 4. The molecule has 11 heteroatoms. The van der Waals surface area contributed by atoms with Gasteiger partial charge in [-0.1, -0.05) is 76.8 Å². The highest BCUT2D eigenvalue weighted by Gasteiger charge is 2.46. The largest absolute Gasteiger partial charge is 0.506 e. The highest BCUT2D eigenvalue weighted by molar-refractivity contribution is 6.74. The summed E-state index contributed by atoms with van der Waals surface area (Å²) in [5.41, 5.74) is 2.84. The van der Waals surface area contributed by atoms with Gasteiger partial charge in [-0.3, -0.25) is 19.3 Å². The number of nitrogens with zero attached hydrogens (tertiary/aromatic N) is 1. The summed E-state index contributed by atoms with van der Waals surface area (Å²) in [4.78, 5) is 44.0. The smallest absolute Gasteiger partial charge is 0.316 e. The van der Waals surface area contributed by atoms with Crippen LogP contribution < -0.4 is 16.2 Å².